The third kappa shape index (κ3) is 2.10. The molecule has 1 aliphatic heterocycles. The van der Waals surface area contributed by atoms with Crippen LogP contribution in [0, 0.1) is 18.3 Å². The Kier molecular flexibility index (Phi) is 3.33. The first kappa shape index (κ1) is 14.0. The number of urea groups is 1. The first-order chi connectivity index (χ1) is 10.7. The number of amides is 2. The van der Waals surface area contributed by atoms with Gasteiger partial charge < -0.3 is 10.1 Å². The van der Waals surface area contributed by atoms with Gasteiger partial charge in [-0.25, -0.2) is 9.78 Å². The van der Waals surface area contributed by atoms with Crippen LogP contribution in [-0.2, 0) is 4.74 Å². The zero-order chi connectivity index (χ0) is 15.2. The molecule has 0 radical (unpaired) electrons. The van der Waals surface area contributed by atoms with Crippen LogP contribution in [0.3, 0.4) is 0 Å². The molecule has 22 heavy (non-hydrogen) atoms. The Balaban J connectivity index is 1.45. The molecular formula is C17H23N3O2. The molecule has 3 atom stereocenters. The molecule has 2 N–H and O–H groups in total. The quantitative estimate of drug-likeness (QED) is 0.883. The summed E-state index contributed by atoms with van der Waals surface area (Å²) in [5.74, 6) is 1.10. The van der Waals surface area contributed by atoms with Crippen molar-refractivity contribution < 1.29 is 9.53 Å². The highest BCUT2D eigenvalue weighted by Crippen LogP contribution is 2.60. The first-order valence-electron chi connectivity index (χ1n) is 8.32. The van der Waals surface area contributed by atoms with Crippen molar-refractivity contribution in [1.82, 2.24) is 10.3 Å². The van der Waals surface area contributed by atoms with Gasteiger partial charge in [0.2, 0.25) is 0 Å². The Morgan fingerprint density at radius 1 is 1.36 bits per heavy atom. The van der Waals surface area contributed by atoms with Crippen LogP contribution >= 0.6 is 0 Å². The van der Waals surface area contributed by atoms with Crippen LogP contribution in [0.5, 0.6) is 0 Å². The summed E-state index contributed by atoms with van der Waals surface area (Å²) < 4.78 is 5.95. The third-order valence-electron chi connectivity index (χ3n) is 5.70. The molecule has 2 heterocycles. The van der Waals surface area contributed by atoms with Gasteiger partial charge >= 0.3 is 6.03 Å². The number of nitrogens with zero attached hydrogens (tertiary/aromatic N) is 1. The zero-order valence-corrected chi connectivity index (χ0v) is 13.0. The number of aryl methyl sites for hydroxylation is 1. The van der Waals surface area contributed by atoms with E-state index in [0.29, 0.717) is 17.8 Å². The molecule has 5 heteroatoms. The maximum Gasteiger partial charge on any atom is 0.320 e. The van der Waals surface area contributed by atoms with Crippen molar-refractivity contribution in [3.63, 3.8) is 0 Å². The summed E-state index contributed by atoms with van der Waals surface area (Å²) in [5.41, 5.74) is 1.09. The highest BCUT2D eigenvalue weighted by Gasteiger charge is 2.65. The largest absolute Gasteiger partial charge is 0.377 e. The van der Waals surface area contributed by atoms with E-state index in [1.54, 1.807) is 0 Å². The van der Waals surface area contributed by atoms with E-state index < -0.39 is 0 Å². The van der Waals surface area contributed by atoms with Crippen LogP contribution in [0.4, 0.5) is 10.6 Å². The van der Waals surface area contributed by atoms with Crippen molar-refractivity contribution in [2.75, 3.05) is 11.9 Å². The number of anilines is 1. The van der Waals surface area contributed by atoms with Crippen LogP contribution in [0.2, 0.25) is 0 Å². The second-order valence-corrected chi connectivity index (χ2v) is 6.92. The molecule has 1 aromatic rings. The van der Waals surface area contributed by atoms with Gasteiger partial charge in [0.15, 0.2) is 0 Å². The summed E-state index contributed by atoms with van der Waals surface area (Å²) in [5, 5.41) is 6.08. The molecule has 118 valence electrons. The molecule has 0 bridgehead atoms. The van der Waals surface area contributed by atoms with Gasteiger partial charge in [0, 0.05) is 29.7 Å². The van der Waals surface area contributed by atoms with E-state index in [1.165, 1.54) is 25.7 Å². The maximum atomic E-state index is 12.4. The highest BCUT2D eigenvalue weighted by molar-refractivity contribution is 5.88. The average Bonchev–Trinajstić information content (AvgIpc) is 3.13. The van der Waals surface area contributed by atoms with E-state index >= 15 is 0 Å². The summed E-state index contributed by atoms with van der Waals surface area (Å²) in [6, 6.07) is 5.76. The fraction of sp³-hybridized carbons (Fsp3) is 0.647. The standard InChI is InChI=1S/C17H23N3O2/c1-11-5-4-6-13(18-11)19-16(21)20-14-12-7-10-22-15(12)17(14)8-2-3-9-17/h4-6,12,14-15H,2-3,7-10H2,1H3,(H2,18,19,20,21). The first-order valence-corrected chi connectivity index (χ1v) is 8.32. The topological polar surface area (TPSA) is 63.2 Å². The van der Waals surface area contributed by atoms with Crippen LogP contribution < -0.4 is 10.6 Å². The highest BCUT2D eigenvalue weighted by atomic mass is 16.5. The molecule has 2 amide bonds. The molecule has 3 aliphatic rings. The second kappa shape index (κ2) is 5.23. The molecule has 2 aliphatic carbocycles. The van der Waals surface area contributed by atoms with Gasteiger partial charge in [-0.05, 0) is 38.3 Å². The lowest BCUT2D eigenvalue weighted by Gasteiger charge is -2.56. The minimum atomic E-state index is -0.139. The summed E-state index contributed by atoms with van der Waals surface area (Å²) >= 11 is 0. The van der Waals surface area contributed by atoms with E-state index in [1.807, 2.05) is 25.1 Å². The Bertz CT molecular complexity index is 583. The van der Waals surface area contributed by atoms with E-state index in [4.69, 9.17) is 4.74 Å². The second-order valence-electron chi connectivity index (χ2n) is 6.92. The van der Waals surface area contributed by atoms with E-state index in [0.717, 1.165) is 18.7 Å². The van der Waals surface area contributed by atoms with Crippen molar-refractivity contribution in [2.24, 2.45) is 11.3 Å². The Hall–Kier alpha value is -1.62. The summed E-state index contributed by atoms with van der Waals surface area (Å²) in [6.07, 6.45) is 6.32. The number of ether oxygens (including phenoxy) is 1. The number of hydrogen-bond donors (Lipinski definition) is 2. The molecule has 5 nitrogen and oxygen atoms in total. The van der Waals surface area contributed by atoms with Crippen LogP contribution in [0.25, 0.3) is 0 Å². The Morgan fingerprint density at radius 2 is 2.18 bits per heavy atom. The Labute approximate surface area is 130 Å². The predicted octanol–water partition coefficient (Wildman–Crippen LogP) is 2.86. The van der Waals surface area contributed by atoms with Crippen molar-refractivity contribution in [2.45, 2.75) is 51.2 Å². The van der Waals surface area contributed by atoms with Crippen molar-refractivity contribution in [3.8, 4) is 0 Å². The molecule has 4 rings (SSSR count). The molecule has 1 aromatic heterocycles. The normalized spacial score (nSPS) is 31.6. The number of pyridine rings is 1. The molecule has 0 aromatic carbocycles. The van der Waals surface area contributed by atoms with E-state index in [-0.39, 0.29) is 17.5 Å². The zero-order valence-electron chi connectivity index (χ0n) is 13.0. The molecule has 3 fully saturated rings. The van der Waals surface area contributed by atoms with Gasteiger partial charge in [-0.3, -0.25) is 5.32 Å². The predicted molar refractivity (Wildman–Crippen MR) is 83.7 cm³/mol. The van der Waals surface area contributed by atoms with Gasteiger partial charge in [-0.1, -0.05) is 18.9 Å². The minimum absolute atomic E-state index is 0.139. The van der Waals surface area contributed by atoms with Crippen molar-refractivity contribution >= 4 is 11.8 Å². The SMILES string of the molecule is Cc1cccc(NC(=O)NC2C3CCOC3C23CCCC3)n1. The number of rotatable bonds is 2. The number of carbonyl (C=O) groups is 1. The molecular weight excluding hydrogens is 278 g/mol. The van der Waals surface area contributed by atoms with E-state index in [9.17, 15) is 4.79 Å². The van der Waals surface area contributed by atoms with Crippen LogP contribution in [-0.4, -0.2) is 29.8 Å². The Morgan fingerprint density at radius 3 is 2.95 bits per heavy atom. The van der Waals surface area contributed by atoms with E-state index in [2.05, 4.69) is 15.6 Å². The average molecular weight is 301 g/mol. The van der Waals surface area contributed by atoms with Crippen molar-refractivity contribution in [3.05, 3.63) is 23.9 Å². The van der Waals surface area contributed by atoms with Crippen LogP contribution in [0.15, 0.2) is 18.2 Å². The van der Waals surface area contributed by atoms with Gasteiger partial charge in [0.25, 0.3) is 0 Å². The smallest absolute Gasteiger partial charge is 0.320 e. The van der Waals surface area contributed by atoms with Gasteiger partial charge in [-0.2, -0.15) is 0 Å². The fourth-order valence-electron chi connectivity index (χ4n) is 4.81. The lowest BCUT2D eigenvalue weighted by molar-refractivity contribution is -0.125. The molecule has 1 spiro atoms. The lowest BCUT2D eigenvalue weighted by atomic mass is 9.54. The number of carbonyl (C=O) groups excluding carboxylic acids is 1. The van der Waals surface area contributed by atoms with Gasteiger partial charge in [0.05, 0.1) is 6.10 Å². The van der Waals surface area contributed by atoms with Gasteiger partial charge in [0.1, 0.15) is 5.82 Å². The van der Waals surface area contributed by atoms with Crippen molar-refractivity contribution in [1.29, 1.82) is 0 Å². The number of hydrogen-bond acceptors (Lipinski definition) is 3. The van der Waals surface area contributed by atoms with Crippen LogP contribution in [0.1, 0.15) is 37.8 Å². The number of fused-ring (bicyclic) bond motifs is 2. The summed E-state index contributed by atoms with van der Waals surface area (Å²) in [4.78, 5) is 16.7. The number of aromatic nitrogens is 1. The molecule has 3 unspecified atom stereocenters. The third-order valence-corrected chi connectivity index (χ3v) is 5.70. The summed E-state index contributed by atoms with van der Waals surface area (Å²) in [7, 11) is 0. The molecule has 1 saturated heterocycles. The van der Waals surface area contributed by atoms with Gasteiger partial charge in [-0.15, -0.1) is 0 Å². The summed E-state index contributed by atoms with van der Waals surface area (Å²) in [6.45, 7) is 2.76. The maximum absolute atomic E-state index is 12.4. The minimum Gasteiger partial charge on any atom is -0.377 e. The fourth-order valence-corrected chi connectivity index (χ4v) is 4.81. The monoisotopic (exact) mass is 301 g/mol. The number of nitrogens with one attached hydrogen (secondary N) is 2. The lowest BCUT2D eigenvalue weighted by Crippen LogP contribution is -2.68. The molecule has 2 saturated carbocycles.